The molecule has 0 aliphatic rings. The van der Waals surface area contributed by atoms with Crippen molar-refractivity contribution in [2.75, 3.05) is 6.61 Å². The molecule has 0 spiro atoms. The van der Waals surface area contributed by atoms with Gasteiger partial charge in [-0.05, 0) is 24.6 Å². The van der Waals surface area contributed by atoms with Crippen molar-refractivity contribution in [1.29, 1.82) is 0 Å². The maximum atomic E-state index is 8.48. The third-order valence-corrected chi connectivity index (χ3v) is 1.69. The van der Waals surface area contributed by atoms with E-state index in [9.17, 15) is 0 Å². The Morgan fingerprint density at radius 3 is 2.46 bits per heavy atom. The Hall–Kier alpha value is -1.52. The Morgan fingerprint density at radius 1 is 1.38 bits per heavy atom. The largest absolute Gasteiger partial charge is 0.384 e. The number of aliphatic hydroxyl groups excluding tert-OH is 1. The van der Waals surface area contributed by atoms with Gasteiger partial charge in [-0.1, -0.05) is 36.1 Å². The quantitative estimate of drug-likeness (QED) is 0.643. The van der Waals surface area contributed by atoms with E-state index in [0.717, 1.165) is 16.7 Å². The highest BCUT2D eigenvalue weighted by molar-refractivity contribution is 5.61. The fourth-order valence-electron chi connectivity index (χ4n) is 0.980. The van der Waals surface area contributed by atoms with E-state index >= 15 is 0 Å². The second-order valence-electron chi connectivity index (χ2n) is 2.82. The standard InChI is InChI=1S/C12H12O/c1-10(2)12-7-5-11(6-8-12)4-3-9-13/h5-8,13H,1,9H2,2H3. The Bertz CT molecular complexity index is 349. The van der Waals surface area contributed by atoms with Gasteiger partial charge in [0.2, 0.25) is 0 Å². The predicted octanol–water partition coefficient (Wildman–Crippen LogP) is 2.06. The van der Waals surface area contributed by atoms with Crippen molar-refractivity contribution in [3.63, 3.8) is 0 Å². The van der Waals surface area contributed by atoms with Crippen molar-refractivity contribution in [2.45, 2.75) is 6.92 Å². The lowest BCUT2D eigenvalue weighted by atomic mass is 10.1. The molecule has 0 radical (unpaired) electrons. The lowest BCUT2D eigenvalue weighted by Gasteiger charge is -1.98. The van der Waals surface area contributed by atoms with Crippen LogP contribution in [0.15, 0.2) is 30.8 Å². The van der Waals surface area contributed by atoms with Crippen LogP contribution in [0.3, 0.4) is 0 Å². The highest BCUT2D eigenvalue weighted by Crippen LogP contribution is 2.11. The minimum Gasteiger partial charge on any atom is -0.384 e. The number of aliphatic hydroxyl groups is 1. The van der Waals surface area contributed by atoms with Crippen LogP contribution < -0.4 is 0 Å². The van der Waals surface area contributed by atoms with Gasteiger partial charge in [0, 0.05) is 5.56 Å². The Labute approximate surface area is 78.7 Å². The molecule has 13 heavy (non-hydrogen) atoms. The molecule has 0 saturated heterocycles. The van der Waals surface area contributed by atoms with E-state index in [1.165, 1.54) is 0 Å². The SMILES string of the molecule is C=C(C)c1ccc(C#CCO)cc1. The molecule has 0 atom stereocenters. The van der Waals surface area contributed by atoms with Gasteiger partial charge in [0.15, 0.2) is 0 Å². The summed E-state index contributed by atoms with van der Waals surface area (Å²) in [4.78, 5) is 0. The van der Waals surface area contributed by atoms with Gasteiger partial charge in [0.05, 0.1) is 0 Å². The van der Waals surface area contributed by atoms with Gasteiger partial charge in [-0.25, -0.2) is 0 Å². The van der Waals surface area contributed by atoms with Crippen LogP contribution in [-0.2, 0) is 0 Å². The fraction of sp³-hybridized carbons (Fsp3) is 0.167. The van der Waals surface area contributed by atoms with Gasteiger partial charge < -0.3 is 5.11 Å². The van der Waals surface area contributed by atoms with Crippen LogP contribution in [0.5, 0.6) is 0 Å². The van der Waals surface area contributed by atoms with Gasteiger partial charge in [-0.2, -0.15) is 0 Å². The summed E-state index contributed by atoms with van der Waals surface area (Å²) >= 11 is 0. The van der Waals surface area contributed by atoms with E-state index in [-0.39, 0.29) is 6.61 Å². The number of rotatable bonds is 1. The van der Waals surface area contributed by atoms with Crippen molar-refractivity contribution in [3.05, 3.63) is 42.0 Å². The molecule has 0 heterocycles. The summed E-state index contributed by atoms with van der Waals surface area (Å²) in [7, 11) is 0. The molecule has 0 aromatic heterocycles. The molecule has 0 amide bonds. The number of hydrogen-bond acceptors (Lipinski definition) is 1. The summed E-state index contributed by atoms with van der Waals surface area (Å²) in [5, 5.41) is 8.48. The average molecular weight is 172 g/mol. The third-order valence-electron chi connectivity index (χ3n) is 1.69. The zero-order valence-electron chi connectivity index (χ0n) is 7.67. The summed E-state index contributed by atoms with van der Waals surface area (Å²) in [6.45, 7) is 5.71. The first-order valence-corrected chi connectivity index (χ1v) is 4.09. The third kappa shape index (κ3) is 2.77. The molecule has 0 fully saturated rings. The fourth-order valence-corrected chi connectivity index (χ4v) is 0.980. The van der Waals surface area contributed by atoms with Crippen molar-refractivity contribution in [3.8, 4) is 11.8 Å². The molecular formula is C12H12O. The molecule has 1 nitrogen and oxygen atoms in total. The summed E-state index contributed by atoms with van der Waals surface area (Å²) in [6.07, 6.45) is 0. The van der Waals surface area contributed by atoms with Crippen LogP contribution in [0, 0.1) is 11.8 Å². The predicted molar refractivity (Wildman–Crippen MR) is 55.1 cm³/mol. The minimum atomic E-state index is -0.0950. The van der Waals surface area contributed by atoms with Crippen molar-refractivity contribution >= 4 is 5.57 Å². The smallest absolute Gasteiger partial charge is 0.104 e. The summed E-state index contributed by atoms with van der Waals surface area (Å²) in [5.41, 5.74) is 3.08. The molecule has 0 unspecified atom stereocenters. The number of benzene rings is 1. The van der Waals surface area contributed by atoms with Crippen LogP contribution in [0.2, 0.25) is 0 Å². The number of hydrogen-bond donors (Lipinski definition) is 1. The molecular weight excluding hydrogens is 160 g/mol. The molecule has 1 N–H and O–H groups in total. The van der Waals surface area contributed by atoms with Crippen molar-refractivity contribution in [1.82, 2.24) is 0 Å². The summed E-state index contributed by atoms with van der Waals surface area (Å²) < 4.78 is 0. The van der Waals surface area contributed by atoms with Crippen molar-refractivity contribution < 1.29 is 5.11 Å². The maximum absolute atomic E-state index is 8.48. The maximum Gasteiger partial charge on any atom is 0.104 e. The molecule has 0 aliphatic heterocycles. The number of allylic oxidation sites excluding steroid dienone is 1. The van der Waals surface area contributed by atoms with Gasteiger partial charge in [0.1, 0.15) is 6.61 Å². The molecule has 1 heteroatoms. The van der Waals surface area contributed by atoms with E-state index in [4.69, 9.17) is 5.11 Å². The normalized spacial score (nSPS) is 8.77. The van der Waals surface area contributed by atoms with Gasteiger partial charge in [0.25, 0.3) is 0 Å². The second kappa shape index (κ2) is 4.49. The molecule has 66 valence electrons. The van der Waals surface area contributed by atoms with Crippen LogP contribution in [0.4, 0.5) is 0 Å². The van der Waals surface area contributed by atoms with Crippen LogP contribution in [0.1, 0.15) is 18.1 Å². The van der Waals surface area contributed by atoms with Crippen LogP contribution in [-0.4, -0.2) is 11.7 Å². The lowest BCUT2D eigenvalue weighted by molar-refractivity contribution is 0.350. The Morgan fingerprint density at radius 2 is 2.00 bits per heavy atom. The van der Waals surface area contributed by atoms with E-state index in [1.54, 1.807) is 0 Å². The first-order chi connectivity index (χ1) is 6.24. The van der Waals surface area contributed by atoms with Crippen LogP contribution in [0.25, 0.3) is 5.57 Å². The highest BCUT2D eigenvalue weighted by Gasteiger charge is 1.91. The van der Waals surface area contributed by atoms with Gasteiger partial charge in [-0.15, -0.1) is 0 Å². The Kier molecular flexibility index (Phi) is 3.31. The summed E-state index contributed by atoms with van der Waals surface area (Å²) in [5.74, 6) is 5.43. The van der Waals surface area contributed by atoms with E-state index < -0.39 is 0 Å². The average Bonchev–Trinajstić information content (AvgIpc) is 2.15. The molecule has 1 aromatic rings. The monoisotopic (exact) mass is 172 g/mol. The first-order valence-electron chi connectivity index (χ1n) is 4.09. The molecule has 0 bridgehead atoms. The van der Waals surface area contributed by atoms with E-state index in [0.29, 0.717) is 0 Å². The lowest BCUT2D eigenvalue weighted by Crippen LogP contribution is -1.80. The Balaban J connectivity index is 2.87. The second-order valence-corrected chi connectivity index (χ2v) is 2.82. The van der Waals surface area contributed by atoms with Gasteiger partial charge in [-0.3, -0.25) is 0 Å². The minimum absolute atomic E-state index is 0.0950. The molecule has 1 rings (SSSR count). The van der Waals surface area contributed by atoms with Crippen molar-refractivity contribution in [2.24, 2.45) is 0 Å². The molecule has 1 aromatic carbocycles. The zero-order chi connectivity index (χ0) is 9.68. The highest BCUT2D eigenvalue weighted by atomic mass is 16.2. The van der Waals surface area contributed by atoms with E-state index in [1.807, 2.05) is 31.2 Å². The zero-order valence-corrected chi connectivity index (χ0v) is 7.67. The molecule has 0 saturated carbocycles. The van der Waals surface area contributed by atoms with Gasteiger partial charge >= 0.3 is 0 Å². The first kappa shape index (κ1) is 9.57. The molecule has 0 aliphatic carbocycles. The topological polar surface area (TPSA) is 20.2 Å². The summed E-state index contributed by atoms with van der Waals surface area (Å²) in [6, 6.07) is 7.80. The van der Waals surface area contributed by atoms with E-state index in [2.05, 4.69) is 18.4 Å². The van der Waals surface area contributed by atoms with Crippen LogP contribution >= 0.6 is 0 Å².